The van der Waals surface area contributed by atoms with Crippen molar-refractivity contribution in [2.45, 2.75) is 12.7 Å². The van der Waals surface area contributed by atoms with Gasteiger partial charge in [-0.3, -0.25) is 4.79 Å². The van der Waals surface area contributed by atoms with E-state index in [0.29, 0.717) is 0 Å². The fourth-order valence-corrected chi connectivity index (χ4v) is 2.27. The fraction of sp³-hybridized carbons (Fsp3) is 0.176. The molecule has 1 N–H and O–H groups in total. The number of amides is 1. The average Bonchev–Trinajstić information content (AvgIpc) is 2.53. The molecule has 0 aromatic heterocycles. The van der Waals surface area contributed by atoms with Gasteiger partial charge < -0.3 is 10.0 Å². The molecule has 0 heterocycles. The lowest BCUT2D eigenvalue weighted by atomic mass is 10.1. The molecule has 2 rings (SSSR count). The highest BCUT2D eigenvalue weighted by Crippen LogP contribution is 2.32. The molecule has 0 fully saturated rings. The molecule has 1 amide bonds. The summed E-state index contributed by atoms with van der Waals surface area (Å²) >= 11 is 0. The molecule has 0 bridgehead atoms. The molecule has 24 heavy (non-hydrogen) atoms. The van der Waals surface area contributed by atoms with Crippen LogP contribution in [-0.2, 0) is 12.7 Å². The summed E-state index contributed by atoms with van der Waals surface area (Å²) in [7, 11) is 1.36. The highest BCUT2D eigenvalue weighted by molar-refractivity contribution is 5.97. The van der Waals surface area contributed by atoms with Gasteiger partial charge in [0.1, 0.15) is 0 Å². The Morgan fingerprint density at radius 2 is 1.67 bits per heavy atom. The molecular weight excluding hydrogens is 323 g/mol. The third-order valence-electron chi connectivity index (χ3n) is 3.43. The van der Waals surface area contributed by atoms with Crippen molar-refractivity contribution < 1.29 is 27.9 Å². The lowest BCUT2D eigenvalue weighted by molar-refractivity contribution is -0.138. The summed E-state index contributed by atoms with van der Waals surface area (Å²) in [6.45, 7) is -0.244. The van der Waals surface area contributed by atoms with Gasteiger partial charge in [0.25, 0.3) is 5.91 Å². The first kappa shape index (κ1) is 17.5. The van der Waals surface area contributed by atoms with E-state index in [1.54, 1.807) is 0 Å². The van der Waals surface area contributed by atoms with Crippen LogP contribution in [-0.4, -0.2) is 28.9 Å². The number of halogens is 3. The van der Waals surface area contributed by atoms with Gasteiger partial charge in [0.2, 0.25) is 0 Å². The molecule has 0 spiro atoms. The minimum atomic E-state index is -4.51. The van der Waals surface area contributed by atoms with Crippen LogP contribution in [0, 0.1) is 0 Å². The molecule has 0 saturated heterocycles. The van der Waals surface area contributed by atoms with E-state index >= 15 is 0 Å². The molecule has 7 heteroatoms. The highest BCUT2D eigenvalue weighted by atomic mass is 19.4. The zero-order valence-corrected chi connectivity index (χ0v) is 12.7. The topological polar surface area (TPSA) is 57.6 Å². The van der Waals surface area contributed by atoms with E-state index in [9.17, 15) is 22.8 Å². The van der Waals surface area contributed by atoms with Gasteiger partial charge >= 0.3 is 12.1 Å². The lowest BCUT2D eigenvalue weighted by Gasteiger charge is -2.20. The molecule has 0 atom stereocenters. The molecule has 4 nitrogen and oxygen atoms in total. The number of nitrogens with zero attached hydrogens (tertiary/aromatic N) is 1. The summed E-state index contributed by atoms with van der Waals surface area (Å²) in [5.74, 6) is -1.75. The maximum atomic E-state index is 13.0. The van der Waals surface area contributed by atoms with Crippen molar-refractivity contribution in [1.82, 2.24) is 4.90 Å². The van der Waals surface area contributed by atoms with Gasteiger partial charge in [0.05, 0.1) is 11.1 Å². The molecule has 0 aliphatic rings. The van der Waals surface area contributed by atoms with Gasteiger partial charge in [-0.05, 0) is 29.8 Å². The largest absolute Gasteiger partial charge is 0.478 e. The van der Waals surface area contributed by atoms with E-state index in [0.717, 1.165) is 11.0 Å². The van der Waals surface area contributed by atoms with Crippen LogP contribution < -0.4 is 0 Å². The average molecular weight is 337 g/mol. The standard InChI is InChI=1S/C17H14F3NO3/c1-21(10-13-5-2-3-8-14(13)17(18,19)20)15(22)11-6-4-7-12(9-11)16(23)24/h2-9H,10H2,1H3,(H,23,24). The zero-order valence-electron chi connectivity index (χ0n) is 12.7. The van der Waals surface area contributed by atoms with Crippen LogP contribution in [0.1, 0.15) is 31.8 Å². The van der Waals surface area contributed by atoms with Crippen LogP contribution in [0.4, 0.5) is 13.2 Å². The maximum absolute atomic E-state index is 13.0. The molecule has 0 saturated carbocycles. The third kappa shape index (κ3) is 3.92. The molecular formula is C17H14F3NO3. The molecule has 0 radical (unpaired) electrons. The van der Waals surface area contributed by atoms with Gasteiger partial charge in [-0.15, -0.1) is 0 Å². The van der Waals surface area contributed by atoms with Crippen LogP contribution in [0.15, 0.2) is 48.5 Å². The van der Waals surface area contributed by atoms with Crippen molar-refractivity contribution in [3.8, 4) is 0 Å². The Labute approximate surface area is 136 Å². The second kappa shape index (κ2) is 6.74. The number of hydrogen-bond donors (Lipinski definition) is 1. The second-order valence-corrected chi connectivity index (χ2v) is 5.20. The molecule has 2 aromatic carbocycles. The smallest absolute Gasteiger partial charge is 0.416 e. The Bertz CT molecular complexity index is 772. The molecule has 0 aliphatic heterocycles. The first-order valence-electron chi connectivity index (χ1n) is 6.94. The van der Waals surface area contributed by atoms with E-state index < -0.39 is 23.6 Å². The van der Waals surface area contributed by atoms with Gasteiger partial charge in [-0.1, -0.05) is 24.3 Å². The van der Waals surface area contributed by atoms with Crippen LogP contribution in [0.25, 0.3) is 0 Å². The summed E-state index contributed by atoms with van der Waals surface area (Å²) in [4.78, 5) is 24.4. The summed E-state index contributed by atoms with van der Waals surface area (Å²) in [5, 5.41) is 8.94. The summed E-state index contributed by atoms with van der Waals surface area (Å²) < 4.78 is 39.0. The van der Waals surface area contributed by atoms with Crippen LogP contribution in [0.5, 0.6) is 0 Å². The predicted molar refractivity (Wildman–Crippen MR) is 80.6 cm³/mol. The normalized spacial score (nSPS) is 11.2. The fourth-order valence-electron chi connectivity index (χ4n) is 2.27. The number of aromatic carboxylic acids is 1. The van der Waals surface area contributed by atoms with E-state index in [2.05, 4.69) is 0 Å². The van der Waals surface area contributed by atoms with Gasteiger partial charge in [0, 0.05) is 19.2 Å². The number of carboxylic acids is 1. The first-order chi connectivity index (χ1) is 11.2. The van der Waals surface area contributed by atoms with E-state index in [-0.39, 0.29) is 23.2 Å². The summed E-state index contributed by atoms with van der Waals surface area (Å²) in [6, 6.07) is 10.4. The number of carboxylic acid groups (broad SMARTS) is 1. The zero-order chi connectivity index (χ0) is 17.9. The van der Waals surface area contributed by atoms with Crippen molar-refractivity contribution in [3.63, 3.8) is 0 Å². The number of benzene rings is 2. The predicted octanol–water partition coefficient (Wildman–Crippen LogP) is 3.68. The van der Waals surface area contributed by atoms with Crippen molar-refractivity contribution in [2.24, 2.45) is 0 Å². The Balaban J connectivity index is 2.25. The van der Waals surface area contributed by atoms with E-state index in [1.807, 2.05) is 0 Å². The van der Waals surface area contributed by atoms with Crippen LogP contribution in [0.3, 0.4) is 0 Å². The third-order valence-corrected chi connectivity index (χ3v) is 3.43. The summed E-state index contributed by atoms with van der Waals surface area (Å²) in [5.41, 5.74) is -0.800. The number of alkyl halides is 3. The summed E-state index contributed by atoms with van der Waals surface area (Å²) in [6.07, 6.45) is -4.51. The maximum Gasteiger partial charge on any atom is 0.416 e. The molecule has 2 aromatic rings. The van der Waals surface area contributed by atoms with Gasteiger partial charge in [-0.25, -0.2) is 4.79 Å². The molecule has 0 aliphatic carbocycles. The van der Waals surface area contributed by atoms with E-state index in [4.69, 9.17) is 5.11 Å². The van der Waals surface area contributed by atoms with Gasteiger partial charge in [0.15, 0.2) is 0 Å². The highest BCUT2D eigenvalue weighted by Gasteiger charge is 2.33. The second-order valence-electron chi connectivity index (χ2n) is 5.20. The van der Waals surface area contributed by atoms with Gasteiger partial charge in [-0.2, -0.15) is 13.2 Å². The van der Waals surface area contributed by atoms with Crippen molar-refractivity contribution in [3.05, 3.63) is 70.8 Å². The van der Waals surface area contributed by atoms with Crippen LogP contribution in [0.2, 0.25) is 0 Å². The Hall–Kier alpha value is -2.83. The SMILES string of the molecule is CN(Cc1ccccc1C(F)(F)F)C(=O)c1cccc(C(=O)O)c1. The quantitative estimate of drug-likeness (QED) is 0.926. The van der Waals surface area contributed by atoms with Crippen molar-refractivity contribution in [1.29, 1.82) is 0 Å². The van der Waals surface area contributed by atoms with E-state index in [1.165, 1.54) is 49.5 Å². The van der Waals surface area contributed by atoms with Crippen LogP contribution >= 0.6 is 0 Å². The minimum Gasteiger partial charge on any atom is -0.478 e. The Morgan fingerprint density at radius 3 is 2.29 bits per heavy atom. The molecule has 0 unspecified atom stereocenters. The number of carbonyl (C=O) groups excluding carboxylic acids is 1. The Kier molecular flexibility index (Phi) is 4.92. The Morgan fingerprint density at radius 1 is 1.04 bits per heavy atom. The van der Waals surface area contributed by atoms with Crippen molar-refractivity contribution >= 4 is 11.9 Å². The molecule has 126 valence electrons. The number of carbonyl (C=O) groups is 2. The number of rotatable bonds is 4. The minimum absolute atomic E-state index is 0.0322. The first-order valence-corrected chi connectivity index (χ1v) is 6.94. The monoisotopic (exact) mass is 337 g/mol. The van der Waals surface area contributed by atoms with Crippen molar-refractivity contribution in [2.75, 3.05) is 7.05 Å². The number of hydrogen-bond acceptors (Lipinski definition) is 2. The lowest BCUT2D eigenvalue weighted by Crippen LogP contribution is -2.27.